The average Bonchev–Trinajstić information content (AvgIpc) is 2.98. The van der Waals surface area contributed by atoms with Crippen LogP contribution < -0.4 is 10.1 Å². The molecule has 1 aliphatic rings. The Bertz CT molecular complexity index is 372. The third-order valence-corrected chi connectivity index (χ3v) is 3.47. The predicted molar refractivity (Wildman–Crippen MR) is 69.8 cm³/mol. The van der Waals surface area contributed by atoms with Crippen LogP contribution in [0.5, 0.6) is 5.75 Å². The average molecular weight is 253 g/mol. The summed E-state index contributed by atoms with van der Waals surface area (Å²) >= 11 is 0. The number of hydrogen-bond acceptors (Lipinski definition) is 4. The summed E-state index contributed by atoms with van der Waals surface area (Å²) in [7, 11) is 3.65. The number of aromatic nitrogens is 2. The second-order valence-corrected chi connectivity index (χ2v) is 4.70. The van der Waals surface area contributed by atoms with Crippen LogP contribution in [0.1, 0.15) is 37.9 Å². The fourth-order valence-electron chi connectivity index (χ4n) is 2.61. The number of ether oxygens (including phenoxy) is 2. The number of nitrogens with one attached hydrogen (secondary N) is 1. The zero-order valence-corrected chi connectivity index (χ0v) is 11.5. The van der Waals surface area contributed by atoms with Gasteiger partial charge in [-0.2, -0.15) is 5.10 Å². The molecule has 0 bridgehead atoms. The molecule has 0 aromatic carbocycles. The van der Waals surface area contributed by atoms with E-state index in [-0.39, 0.29) is 6.04 Å². The van der Waals surface area contributed by atoms with Crippen LogP contribution in [0, 0.1) is 0 Å². The van der Waals surface area contributed by atoms with Crippen molar-refractivity contribution in [1.82, 2.24) is 15.1 Å². The standard InChI is InChI=1S/C13H23N3O2/c1-4-14-11(8-10-6-5-7-18-10)13-12(17-3)9-15-16(13)2/h9-11,14H,4-8H2,1-3H3. The van der Waals surface area contributed by atoms with Crippen molar-refractivity contribution in [1.29, 1.82) is 0 Å². The van der Waals surface area contributed by atoms with Crippen LogP contribution in [0.3, 0.4) is 0 Å². The fourth-order valence-corrected chi connectivity index (χ4v) is 2.61. The largest absolute Gasteiger partial charge is 0.493 e. The predicted octanol–water partition coefficient (Wildman–Crippen LogP) is 1.65. The van der Waals surface area contributed by atoms with Crippen molar-refractivity contribution in [2.75, 3.05) is 20.3 Å². The first kappa shape index (κ1) is 13.4. The maximum absolute atomic E-state index is 5.73. The van der Waals surface area contributed by atoms with Gasteiger partial charge >= 0.3 is 0 Å². The number of nitrogens with zero attached hydrogens (tertiary/aromatic N) is 2. The van der Waals surface area contributed by atoms with Crippen molar-refractivity contribution in [2.45, 2.75) is 38.3 Å². The lowest BCUT2D eigenvalue weighted by Crippen LogP contribution is -2.27. The first-order valence-corrected chi connectivity index (χ1v) is 6.67. The zero-order chi connectivity index (χ0) is 13.0. The smallest absolute Gasteiger partial charge is 0.161 e. The Morgan fingerprint density at radius 3 is 3.11 bits per heavy atom. The molecule has 18 heavy (non-hydrogen) atoms. The van der Waals surface area contributed by atoms with Gasteiger partial charge < -0.3 is 14.8 Å². The van der Waals surface area contributed by atoms with Crippen LogP contribution in [0.25, 0.3) is 0 Å². The monoisotopic (exact) mass is 253 g/mol. The summed E-state index contributed by atoms with van der Waals surface area (Å²) in [4.78, 5) is 0. The zero-order valence-electron chi connectivity index (χ0n) is 11.5. The molecule has 0 spiro atoms. The van der Waals surface area contributed by atoms with Gasteiger partial charge in [0.15, 0.2) is 5.75 Å². The fraction of sp³-hybridized carbons (Fsp3) is 0.769. The van der Waals surface area contributed by atoms with E-state index in [9.17, 15) is 0 Å². The van der Waals surface area contributed by atoms with E-state index in [4.69, 9.17) is 9.47 Å². The van der Waals surface area contributed by atoms with Crippen LogP contribution in [0.15, 0.2) is 6.20 Å². The summed E-state index contributed by atoms with van der Waals surface area (Å²) < 4.78 is 13.0. The number of aryl methyl sites for hydroxylation is 1. The summed E-state index contributed by atoms with van der Waals surface area (Å²) in [5.74, 6) is 0.849. The third-order valence-electron chi connectivity index (χ3n) is 3.47. The highest BCUT2D eigenvalue weighted by Crippen LogP contribution is 2.30. The Hall–Kier alpha value is -1.07. The van der Waals surface area contributed by atoms with Gasteiger partial charge in [-0.15, -0.1) is 0 Å². The van der Waals surface area contributed by atoms with E-state index in [0.29, 0.717) is 6.10 Å². The molecule has 0 aliphatic carbocycles. The van der Waals surface area contributed by atoms with E-state index in [1.807, 2.05) is 11.7 Å². The minimum atomic E-state index is 0.237. The maximum Gasteiger partial charge on any atom is 0.161 e. The SMILES string of the molecule is CCNC(CC1CCCO1)c1c(OC)cnn1C. The molecule has 0 radical (unpaired) electrons. The molecule has 5 nitrogen and oxygen atoms in total. The van der Waals surface area contributed by atoms with Gasteiger partial charge in [0.2, 0.25) is 0 Å². The van der Waals surface area contributed by atoms with Crippen LogP contribution >= 0.6 is 0 Å². The molecule has 0 saturated carbocycles. The van der Waals surface area contributed by atoms with E-state index in [2.05, 4.69) is 17.3 Å². The second-order valence-electron chi connectivity index (χ2n) is 4.70. The van der Waals surface area contributed by atoms with Gasteiger partial charge in [0.05, 0.1) is 31.1 Å². The lowest BCUT2D eigenvalue weighted by molar-refractivity contribution is 0.0936. The molecule has 1 aromatic rings. The van der Waals surface area contributed by atoms with E-state index < -0.39 is 0 Å². The minimum Gasteiger partial charge on any atom is -0.493 e. The highest BCUT2D eigenvalue weighted by molar-refractivity contribution is 5.28. The molecular weight excluding hydrogens is 230 g/mol. The molecule has 2 atom stereocenters. The van der Waals surface area contributed by atoms with Crippen molar-refractivity contribution >= 4 is 0 Å². The summed E-state index contributed by atoms with van der Waals surface area (Å²) in [6, 6.07) is 0.237. The Morgan fingerprint density at radius 1 is 1.67 bits per heavy atom. The van der Waals surface area contributed by atoms with Crippen LogP contribution in [-0.4, -0.2) is 36.1 Å². The summed E-state index contributed by atoms with van der Waals surface area (Å²) in [5, 5.41) is 7.78. The Balaban J connectivity index is 2.14. The summed E-state index contributed by atoms with van der Waals surface area (Å²) in [5.41, 5.74) is 1.11. The minimum absolute atomic E-state index is 0.237. The van der Waals surface area contributed by atoms with Gasteiger partial charge in [-0.3, -0.25) is 4.68 Å². The molecule has 102 valence electrons. The van der Waals surface area contributed by atoms with Crippen molar-refractivity contribution in [3.05, 3.63) is 11.9 Å². The highest BCUT2D eigenvalue weighted by Gasteiger charge is 2.25. The van der Waals surface area contributed by atoms with E-state index in [0.717, 1.165) is 37.4 Å². The Morgan fingerprint density at radius 2 is 2.50 bits per heavy atom. The van der Waals surface area contributed by atoms with Gasteiger partial charge in [-0.1, -0.05) is 6.92 Å². The molecule has 2 rings (SSSR count). The number of methoxy groups -OCH3 is 1. The van der Waals surface area contributed by atoms with Crippen molar-refractivity contribution < 1.29 is 9.47 Å². The number of hydrogen-bond donors (Lipinski definition) is 1. The van der Waals surface area contributed by atoms with Crippen molar-refractivity contribution in [3.63, 3.8) is 0 Å². The van der Waals surface area contributed by atoms with Gasteiger partial charge in [-0.05, 0) is 25.8 Å². The first-order valence-electron chi connectivity index (χ1n) is 6.67. The van der Waals surface area contributed by atoms with E-state index >= 15 is 0 Å². The van der Waals surface area contributed by atoms with Crippen LogP contribution in [-0.2, 0) is 11.8 Å². The lowest BCUT2D eigenvalue weighted by atomic mass is 10.0. The van der Waals surface area contributed by atoms with Gasteiger partial charge in [0.25, 0.3) is 0 Å². The van der Waals surface area contributed by atoms with Crippen molar-refractivity contribution in [2.24, 2.45) is 7.05 Å². The maximum atomic E-state index is 5.73. The van der Waals surface area contributed by atoms with Gasteiger partial charge in [0.1, 0.15) is 0 Å². The quantitative estimate of drug-likeness (QED) is 0.837. The molecule has 2 heterocycles. The molecule has 1 aromatic heterocycles. The highest BCUT2D eigenvalue weighted by atomic mass is 16.5. The van der Waals surface area contributed by atoms with Gasteiger partial charge in [-0.25, -0.2) is 0 Å². The Labute approximate surface area is 108 Å². The molecule has 1 saturated heterocycles. The lowest BCUT2D eigenvalue weighted by Gasteiger charge is -2.22. The summed E-state index contributed by atoms with van der Waals surface area (Å²) in [6.45, 7) is 3.93. The molecule has 1 aliphatic heterocycles. The third kappa shape index (κ3) is 2.84. The van der Waals surface area contributed by atoms with E-state index in [1.165, 1.54) is 6.42 Å². The van der Waals surface area contributed by atoms with E-state index in [1.54, 1.807) is 13.3 Å². The Kier molecular flexibility index (Phi) is 4.60. The molecule has 0 amide bonds. The second kappa shape index (κ2) is 6.20. The van der Waals surface area contributed by atoms with Gasteiger partial charge in [0, 0.05) is 13.7 Å². The normalized spacial score (nSPS) is 21.2. The molecule has 5 heteroatoms. The molecule has 1 fully saturated rings. The molecular formula is C13H23N3O2. The topological polar surface area (TPSA) is 48.3 Å². The van der Waals surface area contributed by atoms with Crippen molar-refractivity contribution in [3.8, 4) is 5.75 Å². The summed E-state index contributed by atoms with van der Waals surface area (Å²) in [6.07, 6.45) is 5.43. The molecule has 2 unspecified atom stereocenters. The first-order chi connectivity index (χ1) is 8.76. The molecule has 1 N–H and O–H groups in total. The van der Waals surface area contributed by atoms with Crippen LogP contribution in [0.2, 0.25) is 0 Å². The van der Waals surface area contributed by atoms with Crippen LogP contribution in [0.4, 0.5) is 0 Å². The number of rotatable bonds is 6.